The summed E-state index contributed by atoms with van der Waals surface area (Å²) in [5.41, 5.74) is 0. The first-order valence-electron chi connectivity index (χ1n) is 32.4. The summed E-state index contributed by atoms with van der Waals surface area (Å²) in [6, 6.07) is -0.981. The highest BCUT2D eigenvalue weighted by Gasteiger charge is 2.53. The van der Waals surface area contributed by atoms with Crippen molar-refractivity contribution >= 4 is 5.91 Å². The molecule has 19 nitrogen and oxygen atoms in total. The Bertz CT molecular complexity index is 1700. The Kier molecular flexibility index (Phi) is 42.3. The van der Waals surface area contributed by atoms with Crippen LogP contribution in [0, 0.1) is 0 Å². The molecule has 0 aromatic carbocycles. The normalized spacial score (nSPS) is 29.7. The van der Waals surface area contributed by atoms with Crippen LogP contribution >= 0.6 is 0 Å². The van der Waals surface area contributed by atoms with E-state index in [1.807, 2.05) is 6.08 Å². The lowest BCUT2D eigenvalue weighted by molar-refractivity contribution is -0.379. The van der Waals surface area contributed by atoms with Gasteiger partial charge in [0.05, 0.1) is 38.6 Å². The van der Waals surface area contributed by atoms with Crippen molar-refractivity contribution in [3.05, 3.63) is 48.6 Å². The molecule has 1 amide bonds. The number of ether oxygens (including phenoxy) is 6. The minimum atomic E-state index is -1.98. The average molecular weight is 1190 g/mol. The minimum Gasteiger partial charge on any atom is -0.394 e. The van der Waals surface area contributed by atoms with Crippen LogP contribution in [0.25, 0.3) is 0 Å². The molecular weight excluding hydrogens is 1070 g/mol. The lowest BCUT2D eigenvalue weighted by Gasteiger charge is -2.48. The van der Waals surface area contributed by atoms with Gasteiger partial charge < -0.3 is 89.9 Å². The number of rotatable bonds is 48. The van der Waals surface area contributed by atoms with Crippen molar-refractivity contribution in [1.29, 1.82) is 0 Å². The average Bonchev–Trinajstić information content (AvgIpc) is 3.43. The van der Waals surface area contributed by atoms with Crippen LogP contribution in [0.2, 0.25) is 0 Å². The number of hydrogen-bond donors (Lipinski definition) is 12. The molecule has 3 aliphatic rings. The second-order valence-electron chi connectivity index (χ2n) is 23.2. The van der Waals surface area contributed by atoms with Crippen LogP contribution in [0.3, 0.4) is 0 Å². The van der Waals surface area contributed by atoms with E-state index in [2.05, 4.69) is 55.6 Å². The van der Waals surface area contributed by atoms with Gasteiger partial charge in [0.1, 0.15) is 73.2 Å². The molecule has 17 unspecified atom stereocenters. The zero-order chi connectivity index (χ0) is 60.5. The summed E-state index contributed by atoms with van der Waals surface area (Å²) >= 11 is 0. The van der Waals surface area contributed by atoms with Crippen molar-refractivity contribution in [2.75, 3.05) is 26.4 Å². The SMILES string of the molecule is CCCCC/C=C\C/C=C\C/C=C\CCCCCCCCC(=O)NC(COC1OC(CO)C(OC2OC(CO)C(OC3OC(CO)C(O)C(O)C3O)C(O)C2O)C(O)C1O)C(O)/C=C/CCCCCCCCCCCCCCCCCCC. The Morgan fingerprint density at radius 2 is 0.795 bits per heavy atom. The third-order valence-corrected chi connectivity index (χ3v) is 16.1. The molecule has 0 saturated carbocycles. The first-order chi connectivity index (χ1) is 40.3. The van der Waals surface area contributed by atoms with Gasteiger partial charge in [0.2, 0.25) is 5.91 Å². The molecular formula is C64H115NO18. The predicted octanol–water partition coefficient (Wildman–Crippen LogP) is 7.04. The van der Waals surface area contributed by atoms with Gasteiger partial charge in [0.25, 0.3) is 0 Å². The second kappa shape index (κ2) is 46.8. The van der Waals surface area contributed by atoms with Gasteiger partial charge in [0, 0.05) is 6.42 Å². The molecule has 0 spiro atoms. The third-order valence-electron chi connectivity index (χ3n) is 16.1. The highest BCUT2D eigenvalue weighted by atomic mass is 16.8. The first-order valence-corrected chi connectivity index (χ1v) is 32.4. The molecule has 19 heteroatoms. The fourth-order valence-corrected chi connectivity index (χ4v) is 10.8. The Morgan fingerprint density at radius 3 is 1.27 bits per heavy atom. The van der Waals surface area contributed by atoms with Crippen LogP contribution in [0.5, 0.6) is 0 Å². The Labute approximate surface area is 497 Å². The van der Waals surface area contributed by atoms with E-state index in [4.69, 9.17) is 28.4 Å². The predicted molar refractivity (Wildman–Crippen MR) is 319 cm³/mol. The maximum absolute atomic E-state index is 13.4. The fraction of sp³-hybridized carbons (Fsp3) is 0.859. The van der Waals surface area contributed by atoms with Crippen molar-refractivity contribution in [2.45, 2.75) is 324 Å². The van der Waals surface area contributed by atoms with Crippen molar-refractivity contribution < 1.29 is 89.4 Å². The van der Waals surface area contributed by atoms with E-state index in [0.717, 1.165) is 83.5 Å². The summed E-state index contributed by atoms with van der Waals surface area (Å²) in [6.07, 6.45) is 26.5. The van der Waals surface area contributed by atoms with Gasteiger partial charge in [-0.25, -0.2) is 0 Å². The zero-order valence-electron chi connectivity index (χ0n) is 50.7. The van der Waals surface area contributed by atoms with Gasteiger partial charge in [-0.1, -0.05) is 204 Å². The second-order valence-corrected chi connectivity index (χ2v) is 23.2. The molecule has 3 rings (SSSR count). The number of carbonyl (C=O) groups is 1. The zero-order valence-corrected chi connectivity index (χ0v) is 50.7. The summed E-state index contributed by atoms with van der Waals surface area (Å²) < 4.78 is 34.3. The molecule has 17 atom stereocenters. The molecule has 83 heavy (non-hydrogen) atoms. The summed E-state index contributed by atoms with van der Waals surface area (Å²) in [7, 11) is 0. The van der Waals surface area contributed by atoms with Gasteiger partial charge in [0.15, 0.2) is 18.9 Å². The van der Waals surface area contributed by atoms with Crippen LogP contribution in [0.4, 0.5) is 0 Å². The molecule has 3 heterocycles. The first kappa shape index (κ1) is 75.0. The van der Waals surface area contributed by atoms with E-state index in [1.165, 1.54) is 109 Å². The number of hydrogen-bond acceptors (Lipinski definition) is 18. The van der Waals surface area contributed by atoms with Crippen molar-refractivity contribution in [2.24, 2.45) is 0 Å². The van der Waals surface area contributed by atoms with Crippen molar-refractivity contribution in [1.82, 2.24) is 5.32 Å². The Hall–Kier alpha value is -2.25. The molecule has 3 aliphatic heterocycles. The highest BCUT2D eigenvalue weighted by Crippen LogP contribution is 2.33. The number of amides is 1. The van der Waals surface area contributed by atoms with Gasteiger partial charge in [-0.15, -0.1) is 0 Å². The van der Waals surface area contributed by atoms with Crippen LogP contribution in [-0.4, -0.2) is 193 Å². The number of aliphatic hydroxyl groups is 11. The van der Waals surface area contributed by atoms with Crippen LogP contribution in [0.1, 0.15) is 219 Å². The van der Waals surface area contributed by atoms with Gasteiger partial charge in [-0.05, 0) is 57.8 Å². The van der Waals surface area contributed by atoms with Crippen LogP contribution in [0.15, 0.2) is 48.6 Å². The van der Waals surface area contributed by atoms with E-state index in [-0.39, 0.29) is 18.9 Å². The molecule has 484 valence electrons. The summed E-state index contributed by atoms with van der Waals surface area (Å²) in [5.74, 6) is -0.288. The molecule has 0 bridgehead atoms. The highest BCUT2D eigenvalue weighted by molar-refractivity contribution is 5.76. The topological polar surface area (TPSA) is 307 Å². The third kappa shape index (κ3) is 30.0. The summed E-state index contributed by atoms with van der Waals surface area (Å²) in [4.78, 5) is 13.4. The van der Waals surface area contributed by atoms with Crippen molar-refractivity contribution in [3.8, 4) is 0 Å². The molecule has 3 saturated heterocycles. The fourth-order valence-electron chi connectivity index (χ4n) is 10.8. The monoisotopic (exact) mass is 1190 g/mol. The van der Waals surface area contributed by atoms with Gasteiger partial charge in [-0.2, -0.15) is 0 Å². The molecule has 3 fully saturated rings. The van der Waals surface area contributed by atoms with Crippen LogP contribution < -0.4 is 5.32 Å². The van der Waals surface area contributed by atoms with Crippen LogP contribution in [-0.2, 0) is 33.2 Å². The summed E-state index contributed by atoms with van der Waals surface area (Å²) in [5, 5.41) is 120. The molecule has 0 radical (unpaired) electrons. The van der Waals surface area contributed by atoms with Gasteiger partial charge in [-0.3, -0.25) is 4.79 Å². The quantitative estimate of drug-likeness (QED) is 0.0215. The Morgan fingerprint density at radius 1 is 0.434 bits per heavy atom. The molecule has 0 aromatic rings. The summed E-state index contributed by atoms with van der Waals surface area (Å²) in [6.45, 7) is 1.69. The number of carbonyl (C=O) groups excluding carboxylic acids is 1. The molecule has 0 aromatic heterocycles. The number of allylic oxidation sites excluding steroid dienone is 7. The van der Waals surface area contributed by atoms with E-state index >= 15 is 0 Å². The smallest absolute Gasteiger partial charge is 0.220 e. The standard InChI is InChI=1S/C64H115NO18/c1-3-5-7-9-11-13-15-17-19-21-23-25-27-29-31-33-35-37-39-41-48(69)47(65-52(70)42-40-38-36-34-32-30-28-26-24-22-20-18-16-14-12-10-8-6-4-2)46-78-62-58(76)55(73)60(50(44-67)80-62)83-64-59(77)56(74)61(51(45-68)81-64)82-63-57(75)54(72)53(71)49(43-66)79-63/h12,14,18,20,24,26,39,41,47-51,53-64,66-69,71-77H,3-11,13,15-17,19,21-23,25,27-38,40,42-46H2,1-2H3,(H,65,70)/b14-12-,20-18-,26-24-,41-39+. The lowest BCUT2D eigenvalue weighted by Crippen LogP contribution is -2.66. The van der Waals surface area contributed by atoms with E-state index in [9.17, 15) is 61.0 Å². The number of aliphatic hydroxyl groups excluding tert-OH is 11. The maximum atomic E-state index is 13.4. The lowest BCUT2D eigenvalue weighted by atomic mass is 9.96. The van der Waals surface area contributed by atoms with Crippen molar-refractivity contribution in [3.63, 3.8) is 0 Å². The van der Waals surface area contributed by atoms with E-state index in [0.29, 0.717) is 6.42 Å². The van der Waals surface area contributed by atoms with E-state index in [1.54, 1.807) is 6.08 Å². The van der Waals surface area contributed by atoms with E-state index < -0.39 is 124 Å². The molecule has 12 N–H and O–H groups in total. The Balaban J connectivity index is 1.49. The number of unbranched alkanes of at least 4 members (excludes halogenated alkanes) is 26. The maximum Gasteiger partial charge on any atom is 0.220 e. The number of nitrogens with one attached hydrogen (secondary N) is 1. The molecule has 0 aliphatic carbocycles. The minimum absolute atomic E-state index is 0.228. The van der Waals surface area contributed by atoms with Gasteiger partial charge >= 0.3 is 0 Å². The largest absolute Gasteiger partial charge is 0.394 e.